The van der Waals surface area contributed by atoms with E-state index in [0.29, 0.717) is 6.04 Å². The lowest BCUT2D eigenvalue weighted by Crippen LogP contribution is -2.33. The van der Waals surface area contributed by atoms with Crippen LogP contribution in [0.15, 0.2) is 0 Å². The summed E-state index contributed by atoms with van der Waals surface area (Å²) in [5, 5.41) is 4.58. The lowest BCUT2D eigenvalue weighted by molar-refractivity contribution is 0.670. The molecule has 0 fully saturated rings. The third-order valence-electron chi connectivity index (χ3n) is 3.32. The van der Waals surface area contributed by atoms with Gasteiger partial charge in [0.1, 0.15) is 0 Å². The van der Waals surface area contributed by atoms with E-state index in [2.05, 4.69) is 44.3 Å². The molecule has 110 valence electrons. The number of hydrogen-bond donors (Lipinski definition) is 1. The molecule has 1 aromatic rings. The summed E-state index contributed by atoms with van der Waals surface area (Å²) in [6.45, 7) is 8.55. The maximum Gasteiger partial charge on any atom is 0.185 e. The molecule has 1 N–H and O–H groups in total. The third-order valence-corrected chi connectivity index (χ3v) is 5.22. The molecule has 0 aliphatic carbocycles. The smallest absolute Gasteiger partial charge is 0.185 e. The summed E-state index contributed by atoms with van der Waals surface area (Å²) in [5.74, 6) is 1.16. The quantitative estimate of drug-likeness (QED) is 0.757. The molecule has 0 aromatic carbocycles. The average molecular weight is 302 g/mol. The van der Waals surface area contributed by atoms with E-state index in [1.54, 1.807) is 0 Å². The van der Waals surface area contributed by atoms with Gasteiger partial charge >= 0.3 is 0 Å². The minimum Gasteiger partial charge on any atom is -0.347 e. The second-order valence-corrected chi connectivity index (χ2v) is 6.60. The van der Waals surface area contributed by atoms with Gasteiger partial charge in [-0.3, -0.25) is 0 Å². The molecule has 3 nitrogen and oxygen atoms in total. The van der Waals surface area contributed by atoms with E-state index < -0.39 is 0 Å². The van der Waals surface area contributed by atoms with Gasteiger partial charge in [-0.1, -0.05) is 20.8 Å². The molecule has 0 spiro atoms. The van der Waals surface area contributed by atoms with Crippen molar-refractivity contribution in [3.63, 3.8) is 0 Å². The van der Waals surface area contributed by atoms with Crippen molar-refractivity contribution < 1.29 is 0 Å². The van der Waals surface area contributed by atoms with Gasteiger partial charge in [0.05, 0.1) is 5.69 Å². The van der Waals surface area contributed by atoms with Crippen LogP contribution in [0.25, 0.3) is 0 Å². The topological polar surface area (TPSA) is 28.2 Å². The first-order chi connectivity index (χ1) is 9.17. The first-order valence-electron chi connectivity index (χ1n) is 7.08. The van der Waals surface area contributed by atoms with Gasteiger partial charge in [0.25, 0.3) is 0 Å². The summed E-state index contributed by atoms with van der Waals surface area (Å²) >= 11 is 3.76. The number of thiazole rings is 1. The summed E-state index contributed by atoms with van der Waals surface area (Å²) in [6.07, 6.45) is 4.36. The minimum atomic E-state index is 0.581. The Balaban J connectivity index is 2.84. The fourth-order valence-electron chi connectivity index (χ4n) is 2.03. The molecular formula is C14H27N3S2. The van der Waals surface area contributed by atoms with Gasteiger partial charge in [0.2, 0.25) is 0 Å². The highest BCUT2D eigenvalue weighted by Gasteiger charge is 2.18. The fourth-order valence-corrected chi connectivity index (χ4v) is 4.02. The maximum absolute atomic E-state index is 4.83. The molecule has 0 aliphatic heterocycles. The first-order valence-corrected chi connectivity index (χ1v) is 9.29. The number of nitrogens with one attached hydrogen (secondary N) is 1. The van der Waals surface area contributed by atoms with E-state index in [0.717, 1.165) is 25.3 Å². The number of anilines is 1. The molecule has 0 bridgehead atoms. The Kier molecular flexibility index (Phi) is 7.80. The Hall–Kier alpha value is -0.260. The largest absolute Gasteiger partial charge is 0.347 e. The van der Waals surface area contributed by atoms with Crippen molar-refractivity contribution in [3.05, 3.63) is 10.6 Å². The zero-order chi connectivity index (χ0) is 14.3. The van der Waals surface area contributed by atoms with Crippen molar-refractivity contribution >= 4 is 28.2 Å². The van der Waals surface area contributed by atoms with Crippen molar-refractivity contribution in [1.29, 1.82) is 0 Å². The van der Waals surface area contributed by atoms with E-state index in [4.69, 9.17) is 4.98 Å². The Morgan fingerprint density at radius 1 is 1.37 bits per heavy atom. The van der Waals surface area contributed by atoms with Crippen LogP contribution in [-0.4, -0.2) is 36.6 Å². The lowest BCUT2D eigenvalue weighted by atomic mass is 10.2. The fraction of sp³-hybridized carbons (Fsp3) is 0.786. The number of nitrogens with zero attached hydrogens (tertiary/aromatic N) is 2. The first kappa shape index (κ1) is 16.8. The minimum absolute atomic E-state index is 0.581. The van der Waals surface area contributed by atoms with Crippen LogP contribution in [0.1, 0.15) is 37.8 Å². The summed E-state index contributed by atoms with van der Waals surface area (Å²) < 4.78 is 0. The SMILES string of the molecule is CCNCc1sc(N(C)C(CC)CSC)nc1CC. The molecule has 5 heteroatoms. The highest BCUT2D eigenvalue weighted by atomic mass is 32.2. The molecule has 1 aromatic heterocycles. The molecule has 1 heterocycles. The second-order valence-electron chi connectivity index (χ2n) is 4.63. The predicted molar refractivity (Wildman–Crippen MR) is 89.7 cm³/mol. The Morgan fingerprint density at radius 2 is 2.11 bits per heavy atom. The summed E-state index contributed by atoms with van der Waals surface area (Å²) in [5.41, 5.74) is 1.26. The summed E-state index contributed by atoms with van der Waals surface area (Å²) in [7, 11) is 2.18. The standard InChI is InChI=1S/C14H27N3S2/c1-6-11(10-18-5)17(4)14-16-12(7-2)13(19-14)9-15-8-3/h11,15H,6-10H2,1-5H3. The average Bonchev–Trinajstić information content (AvgIpc) is 2.84. The zero-order valence-electron chi connectivity index (χ0n) is 12.8. The van der Waals surface area contributed by atoms with Crippen LogP contribution in [0, 0.1) is 0 Å². The Bertz CT molecular complexity index is 366. The van der Waals surface area contributed by atoms with Crippen LogP contribution in [0.5, 0.6) is 0 Å². The monoisotopic (exact) mass is 301 g/mol. The van der Waals surface area contributed by atoms with Gasteiger partial charge in [-0.05, 0) is 25.6 Å². The van der Waals surface area contributed by atoms with Crippen LogP contribution in [-0.2, 0) is 13.0 Å². The Labute approximate surface area is 126 Å². The van der Waals surface area contributed by atoms with Crippen molar-refractivity contribution in [2.45, 2.75) is 46.2 Å². The van der Waals surface area contributed by atoms with Crippen LogP contribution >= 0.6 is 23.1 Å². The summed E-state index contributed by atoms with van der Waals surface area (Å²) in [4.78, 5) is 8.58. The van der Waals surface area contributed by atoms with Crippen LogP contribution < -0.4 is 10.2 Å². The van der Waals surface area contributed by atoms with Gasteiger partial charge < -0.3 is 10.2 Å². The highest BCUT2D eigenvalue weighted by molar-refractivity contribution is 7.98. The number of rotatable bonds is 9. The second kappa shape index (κ2) is 8.82. The highest BCUT2D eigenvalue weighted by Crippen LogP contribution is 2.28. The normalized spacial score (nSPS) is 12.7. The van der Waals surface area contributed by atoms with Crippen LogP contribution in [0.3, 0.4) is 0 Å². The van der Waals surface area contributed by atoms with Gasteiger partial charge in [-0.25, -0.2) is 4.98 Å². The molecule has 1 unspecified atom stereocenters. The number of thioether (sulfide) groups is 1. The van der Waals surface area contributed by atoms with E-state index in [9.17, 15) is 0 Å². The van der Waals surface area contributed by atoms with Crippen LogP contribution in [0.4, 0.5) is 5.13 Å². The van der Waals surface area contributed by atoms with E-state index >= 15 is 0 Å². The van der Waals surface area contributed by atoms with Crippen molar-refractivity contribution in [1.82, 2.24) is 10.3 Å². The summed E-state index contributed by atoms with van der Waals surface area (Å²) in [6, 6.07) is 0.581. The van der Waals surface area contributed by atoms with E-state index in [-0.39, 0.29) is 0 Å². The van der Waals surface area contributed by atoms with Crippen molar-refractivity contribution in [2.75, 3.05) is 30.5 Å². The van der Waals surface area contributed by atoms with Crippen molar-refractivity contribution in [2.24, 2.45) is 0 Å². The molecule has 0 saturated heterocycles. The van der Waals surface area contributed by atoms with Crippen LogP contribution in [0.2, 0.25) is 0 Å². The predicted octanol–water partition coefficient (Wildman–Crippen LogP) is 3.39. The number of aromatic nitrogens is 1. The molecule has 1 rings (SSSR count). The molecular weight excluding hydrogens is 274 g/mol. The molecule has 1 atom stereocenters. The zero-order valence-corrected chi connectivity index (χ0v) is 14.5. The maximum atomic E-state index is 4.83. The molecule has 19 heavy (non-hydrogen) atoms. The van der Waals surface area contributed by atoms with Gasteiger partial charge in [0.15, 0.2) is 5.13 Å². The molecule has 0 saturated carbocycles. The molecule has 0 aliphatic rings. The van der Waals surface area contributed by atoms with E-state index in [1.165, 1.54) is 22.1 Å². The van der Waals surface area contributed by atoms with Gasteiger partial charge in [0, 0.05) is 30.3 Å². The third kappa shape index (κ3) is 4.65. The Morgan fingerprint density at radius 3 is 2.63 bits per heavy atom. The number of aryl methyl sites for hydroxylation is 1. The molecule has 0 amide bonds. The molecule has 0 radical (unpaired) electrons. The van der Waals surface area contributed by atoms with Gasteiger partial charge in [-0.2, -0.15) is 11.8 Å². The van der Waals surface area contributed by atoms with Gasteiger partial charge in [-0.15, -0.1) is 11.3 Å². The van der Waals surface area contributed by atoms with Crippen molar-refractivity contribution in [3.8, 4) is 0 Å². The van der Waals surface area contributed by atoms with E-state index in [1.807, 2.05) is 23.1 Å². The number of hydrogen-bond acceptors (Lipinski definition) is 5. The lowest BCUT2D eigenvalue weighted by Gasteiger charge is -2.26.